The van der Waals surface area contributed by atoms with Crippen molar-refractivity contribution in [2.45, 2.75) is 6.54 Å². The first-order valence-electron chi connectivity index (χ1n) is 8.65. The molecule has 1 aliphatic rings. The number of benzene rings is 1. The van der Waals surface area contributed by atoms with Crippen LogP contribution in [0.25, 0.3) is 0 Å². The van der Waals surface area contributed by atoms with Crippen molar-refractivity contribution < 1.29 is 14.1 Å². The van der Waals surface area contributed by atoms with E-state index in [0.29, 0.717) is 0 Å². The third-order valence-corrected chi connectivity index (χ3v) is 4.25. The highest BCUT2D eigenvalue weighted by Gasteiger charge is 2.18. The Labute approximate surface area is 156 Å². The minimum Gasteiger partial charge on any atom is -0.400 e. The van der Waals surface area contributed by atoms with Gasteiger partial charge in [-0.3, -0.25) is 24.7 Å². The highest BCUT2D eigenvalue weighted by atomic mass is 16.6. The van der Waals surface area contributed by atoms with E-state index in [0.717, 1.165) is 32.7 Å². The number of hydrazone groups is 1. The van der Waals surface area contributed by atoms with Crippen molar-refractivity contribution in [1.29, 1.82) is 0 Å². The molecule has 1 saturated heterocycles. The smallest absolute Gasteiger partial charge is 0.400 e. The van der Waals surface area contributed by atoms with Gasteiger partial charge in [0.1, 0.15) is 4.92 Å². The van der Waals surface area contributed by atoms with Crippen LogP contribution in [0.4, 0.5) is 5.88 Å². The van der Waals surface area contributed by atoms with Gasteiger partial charge < -0.3 is 4.42 Å². The maximum absolute atomic E-state index is 12.0. The number of carbonyl (C=O) groups is 1. The lowest BCUT2D eigenvalue weighted by Gasteiger charge is -2.34. The van der Waals surface area contributed by atoms with Gasteiger partial charge in [-0.05, 0) is 11.6 Å². The zero-order valence-corrected chi connectivity index (χ0v) is 14.8. The summed E-state index contributed by atoms with van der Waals surface area (Å²) in [4.78, 5) is 26.3. The summed E-state index contributed by atoms with van der Waals surface area (Å²) in [5.74, 6) is -0.392. The molecule has 1 aliphatic heterocycles. The third-order valence-electron chi connectivity index (χ3n) is 4.25. The highest BCUT2D eigenvalue weighted by Crippen LogP contribution is 2.13. The molecule has 1 aromatic heterocycles. The van der Waals surface area contributed by atoms with E-state index in [9.17, 15) is 14.9 Å². The van der Waals surface area contributed by atoms with Crippen LogP contribution in [-0.4, -0.2) is 59.6 Å². The van der Waals surface area contributed by atoms with E-state index >= 15 is 0 Å². The molecule has 2 aromatic rings. The second-order valence-corrected chi connectivity index (χ2v) is 6.26. The fourth-order valence-corrected chi connectivity index (χ4v) is 2.86. The largest absolute Gasteiger partial charge is 0.433 e. The topological polar surface area (TPSA) is 104 Å². The van der Waals surface area contributed by atoms with Crippen LogP contribution in [0.15, 0.2) is 52.0 Å². The van der Waals surface area contributed by atoms with Crippen LogP contribution in [0, 0.1) is 10.1 Å². The van der Waals surface area contributed by atoms with Crippen molar-refractivity contribution in [2.24, 2.45) is 5.10 Å². The Morgan fingerprint density at radius 2 is 1.85 bits per heavy atom. The molecule has 1 aromatic carbocycles. The van der Waals surface area contributed by atoms with Gasteiger partial charge in [0, 0.05) is 32.7 Å². The van der Waals surface area contributed by atoms with Crippen molar-refractivity contribution in [1.82, 2.24) is 15.2 Å². The first kappa shape index (κ1) is 18.7. The van der Waals surface area contributed by atoms with Gasteiger partial charge in [-0.1, -0.05) is 30.3 Å². The van der Waals surface area contributed by atoms with Gasteiger partial charge in [0.2, 0.25) is 0 Å². The highest BCUT2D eigenvalue weighted by molar-refractivity contribution is 5.81. The molecule has 9 heteroatoms. The predicted molar refractivity (Wildman–Crippen MR) is 99.3 cm³/mol. The summed E-state index contributed by atoms with van der Waals surface area (Å²) in [6.07, 6.45) is 1.24. The Hall–Kier alpha value is -3.04. The molecule has 0 unspecified atom stereocenters. The molecular weight excluding hydrogens is 350 g/mol. The Kier molecular flexibility index (Phi) is 6.29. The second-order valence-electron chi connectivity index (χ2n) is 6.26. The monoisotopic (exact) mass is 371 g/mol. The van der Waals surface area contributed by atoms with E-state index in [2.05, 4.69) is 32.5 Å². The van der Waals surface area contributed by atoms with Crippen molar-refractivity contribution in [3.63, 3.8) is 0 Å². The fourth-order valence-electron chi connectivity index (χ4n) is 2.86. The summed E-state index contributed by atoms with van der Waals surface area (Å²) in [6.45, 7) is 4.61. The van der Waals surface area contributed by atoms with E-state index in [-0.39, 0.29) is 24.1 Å². The summed E-state index contributed by atoms with van der Waals surface area (Å²) < 4.78 is 4.92. The summed E-state index contributed by atoms with van der Waals surface area (Å²) in [5, 5.41) is 14.3. The number of hydrogen-bond donors (Lipinski definition) is 1. The summed E-state index contributed by atoms with van der Waals surface area (Å²) >= 11 is 0. The molecule has 27 heavy (non-hydrogen) atoms. The Balaban J connectivity index is 1.37. The average Bonchev–Trinajstić information content (AvgIpc) is 3.13. The zero-order chi connectivity index (χ0) is 19.1. The fraction of sp³-hybridized carbons (Fsp3) is 0.333. The average molecular weight is 371 g/mol. The SMILES string of the molecule is O=C(CN1CCN(Cc2ccccc2)CC1)NN=Cc1ccc([N+](=O)[O-])o1. The first-order chi connectivity index (χ1) is 13.1. The van der Waals surface area contributed by atoms with Crippen LogP contribution in [0.2, 0.25) is 0 Å². The molecular formula is C18H21N5O4. The number of amides is 1. The van der Waals surface area contributed by atoms with Gasteiger partial charge >= 0.3 is 5.88 Å². The number of nitrogens with one attached hydrogen (secondary N) is 1. The standard InChI is InChI=1S/C18H21N5O4/c24-17(20-19-12-16-6-7-18(27-16)23(25)26)14-22-10-8-21(9-11-22)13-15-4-2-1-3-5-15/h1-7,12H,8-11,13-14H2,(H,20,24). The molecule has 2 heterocycles. The number of furan rings is 1. The molecule has 0 radical (unpaired) electrons. The first-order valence-corrected chi connectivity index (χ1v) is 8.65. The molecule has 0 aliphatic carbocycles. The van der Waals surface area contributed by atoms with Crippen molar-refractivity contribution in [3.8, 4) is 0 Å². The second kappa shape index (κ2) is 9.06. The normalized spacial score (nSPS) is 15.9. The zero-order valence-electron chi connectivity index (χ0n) is 14.8. The van der Waals surface area contributed by atoms with Gasteiger partial charge in [0.25, 0.3) is 5.91 Å². The minimum atomic E-state index is -0.632. The number of nitrogens with zero attached hydrogens (tertiary/aromatic N) is 4. The maximum Gasteiger partial charge on any atom is 0.433 e. The lowest BCUT2D eigenvalue weighted by Crippen LogP contribution is -2.48. The van der Waals surface area contributed by atoms with Crippen LogP contribution >= 0.6 is 0 Å². The Morgan fingerprint density at radius 3 is 2.52 bits per heavy atom. The molecule has 1 amide bonds. The summed E-state index contributed by atoms with van der Waals surface area (Å²) in [5.41, 5.74) is 3.70. The molecule has 0 saturated carbocycles. The number of nitro groups is 1. The van der Waals surface area contributed by atoms with E-state index in [4.69, 9.17) is 4.42 Å². The van der Waals surface area contributed by atoms with Crippen molar-refractivity contribution >= 4 is 18.0 Å². The van der Waals surface area contributed by atoms with Gasteiger partial charge in [0.05, 0.1) is 18.8 Å². The minimum absolute atomic E-state index is 0.205. The third kappa shape index (κ3) is 5.73. The van der Waals surface area contributed by atoms with Crippen LogP contribution < -0.4 is 5.43 Å². The molecule has 0 atom stereocenters. The Bertz CT molecular complexity index is 797. The van der Waals surface area contributed by atoms with E-state index in [1.54, 1.807) is 0 Å². The van der Waals surface area contributed by atoms with E-state index < -0.39 is 4.92 Å². The lowest BCUT2D eigenvalue weighted by molar-refractivity contribution is -0.402. The van der Waals surface area contributed by atoms with Gasteiger partial charge in [-0.2, -0.15) is 5.10 Å². The molecule has 1 N–H and O–H groups in total. The number of carbonyl (C=O) groups excluding carboxylic acids is 1. The van der Waals surface area contributed by atoms with Crippen molar-refractivity contribution in [2.75, 3.05) is 32.7 Å². The molecule has 142 valence electrons. The molecule has 1 fully saturated rings. The van der Waals surface area contributed by atoms with E-state index in [1.807, 2.05) is 18.2 Å². The summed E-state index contributed by atoms with van der Waals surface area (Å²) in [6, 6.07) is 13.0. The predicted octanol–water partition coefficient (Wildman–Crippen LogP) is 1.46. The number of hydrogen-bond acceptors (Lipinski definition) is 7. The van der Waals surface area contributed by atoms with Crippen LogP contribution in [0.3, 0.4) is 0 Å². The molecule has 0 bridgehead atoms. The molecule has 3 rings (SSSR count). The van der Waals surface area contributed by atoms with Crippen LogP contribution in [0.5, 0.6) is 0 Å². The van der Waals surface area contributed by atoms with Gasteiger partial charge in [-0.25, -0.2) is 5.43 Å². The Morgan fingerprint density at radius 1 is 1.15 bits per heavy atom. The van der Waals surface area contributed by atoms with Gasteiger partial charge in [0.15, 0.2) is 5.76 Å². The van der Waals surface area contributed by atoms with Crippen molar-refractivity contribution in [3.05, 3.63) is 63.9 Å². The van der Waals surface area contributed by atoms with E-state index in [1.165, 1.54) is 23.9 Å². The maximum atomic E-state index is 12.0. The van der Waals surface area contributed by atoms with Crippen LogP contribution in [0.1, 0.15) is 11.3 Å². The molecule has 9 nitrogen and oxygen atoms in total. The molecule has 0 spiro atoms. The van der Waals surface area contributed by atoms with Gasteiger partial charge in [-0.15, -0.1) is 0 Å². The quantitative estimate of drug-likeness (QED) is 0.449. The summed E-state index contributed by atoms with van der Waals surface area (Å²) in [7, 11) is 0. The number of piperazine rings is 1. The lowest BCUT2D eigenvalue weighted by atomic mass is 10.2. The van der Waals surface area contributed by atoms with Crippen LogP contribution in [-0.2, 0) is 11.3 Å². The number of rotatable bonds is 7.